The molecule has 0 bridgehead atoms. The fourth-order valence-corrected chi connectivity index (χ4v) is 10.7. The first-order chi connectivity index (χ1) is 44.1. The van der Waals surface area contributed by atoms with Crippen molar-refractivity contribution < 1.29 is 128 Å². The molecule has 0 spiro atoms. The van der Waals surface area contributed by atoms with Crippen LogP contribution in [0.2, 0.25) is 0 Å². The fourth-order valence-electron chi connectivity index (χ4n) is 10.7. The molecule has 3 N–H and O–H groups in total. The first-order valence-electron chi connectivity index (χ1n) is 33.7. The minimum Gasteiger partial charge on any atom is -0.494 e. The molecule has 536 valence electrons. The average Bonchev–Trinajstić information content (AvgIpc) is 0.820. The van der Waals surface area contributed by atoms with Gasteiger partial charge in [0.2, 0.25) is 0 Å². The molecule has 98 heavy (non-hydrogen) atoms. The summed E-state index contributed by atoms with van der Waals surface area (Å²) in [5.74, 6) is 1.75. The maximum absolute atomic E-state index is 12.9. The number of esters is 4. The standard InChI is InChI=1S/2C40H48O5.3CH4.2CH3.H3N.2Sm/c1-3-5-7-9-11-13-15-31-16-22-37(23-17-31)44-39(41)34-20-18-33-30-35(21-19-32(33)29-34)40(42)45-38-26-24-36(25-27-38)43-28-14-12-10-8-6-4-2;1-3-5-7-9-11-13-15-31-16-18-32(19-17-31)39(41)44-37-26-22-35-30-38(27-23-34(35)29-37)45-40(42)33-20-24-36(25-21-33)43-28-14-12-10-8-6-4-2;;;;;;;;/h2*16-27,29-30H,3-15,28H2,1-2H3;3*1H4;3*1H3;;/q;;;;;2*-1;;;. The minimum atomic E-state index is -0.443. The van der Waals surface area contributed by atoms with E-state index >= 15 is 0 Å². The Morgan fingerprint density at radius 2 is 0.500 bits per heavy atom. The molecule has 0 saturated heterocycles. The Labute approximate surface area is 656 Å². The normalized spacial score (nSPS) is 10.1. The smallest absolute Gasteiger partial charge is 0.343 e. The molecule has 0 unspecified atom stereocenters. The van der Waals surface area contributed by atoms with Gasteiger partial charge in [-0.1, -0.05) is 227 Å². The van der Waals surface area contributed by atoms with E-state index < -0.39 is 17.9 Å². The van der Waals surface area contributed by atoms with Gasteiger partial charge in [-0.3, -0.25) is 0 Å². The van der Waals surface area contributed by atoms with Crippen molar-refractivity contribution in [3.05, 3.63) is 218 Å². The summed E-state index contributed by atoms with van der Waals surface area (Å²) in [5.41, 5.74) is 4.38. The predicted octanol–water partition coefficient (Wildman–Crippen LogP) is 24.8. The van der Waals surface area contributed by atoms with Gasteiger partial charge in [0.15, 0.2) is 0 Å². The molecule has 8 aromatic carbocycles. The van der Waals surface area contributed by atoms with Crippen LogP contribution in [-0.4, -0.2) is 37.1 Å². The second kappa shape index (κ2) is 55.1. The largest absolute Gasteiger partial charge is 0.494 e. The molecule has 0 fully saturated rings. The molecule has 0 amide bonds. The van der Waals surface area contributed by atoms with Crippen molar-refractivity contribution in [2.24, 2.45) is 0 Å². The molecule has 0 atom stereocenters. The number of rotatable bonds is 38. The Bertz CT molecular complexity index is 3430. The fraction of sp³-hybridized carbons (Fsp3) is 0.412. The molecular formula is C85H117NO10Sm2-2. The average molecular weight is 1610 g/mol. The van der Waals surface area contributed by atoms with Gasteiger partial charge in [0, 0.05) is 80.8 Å². The number of benzene rings is 8. The van der Waals surface area contributed by atoms with Gasteiger partial charge in [0.05, 0.1) is 35.5 Å². The Kier molecular flexibility index (Phi) is 53.1. The van der Waals surface area contributed by atoms with E-state index in [1.807, 2.05) is 103 Å². The second-order valence-electron chi connectivity index (χ2n) is 23.6. The molecular weight excluding hydrogens is 1500 g/mol. The van der Waals surface area contributed by atoms with Crippen LogP contribution in [-0.2, 0) is 12.8 Å². The van der Waals surface area contributed by atoms with Gasteiger partial charge in [-0.25, -0.2) is 19.2 Å². The van der Waals surface area contributed by atoms with Gasteiger partial charge in [0.25, 0.3) is 0 Å². The van der Waals surface area contributed by atoms with Gasteiger partial charge < -0.3 is 49.4 Å². The summed E-state index contributed by atoms with van der Waals surface area (Å²) in [7, 11) is 0. The monoisotopic (exact) mass is 1620 g/mol. The number of fused-ring (bicyclic) bond motifs is 2. The van der Waals surface area contributed by atoms with Crippen molar-refractivity contribution in [1.29, 1.82) is 0 Å². The summed E-state index contributed by atoms with van der Waals surface area (Å²) < 4.78 is 34.2. The Morgan fingerprint density at radius 1 is 0.265 bits per heavy atom. The number of ether oxygens (including phenoxy) is 6. The second-order valence-corrected chi connectivity index (χ2v) is 23.6. The zero-order valence-electron chi connectivity index (χ0n) is 57.6. The van der Waals surface area contributed by atoms with E-state index in [-0.39, 0.29) is 130 Å². The van der Waals surface area contributed by atoms with Gasteiger partial charge in [0.1, 0.15) is 34.5 Å². The van der Waals surface area contributed by atoms with Crippen LogP contribution in [0.25, 0.3) is 21.5 Å². The molecule has 8 rings (SSSR count). The summed E-state index contributed by atoms with van der Waals surface area (Å²) in [4.78, 5) is 51.2. The molecule has 0 radical (unpaired) electrons. The number of hydrogen-bond acceptors (Lipinski definition) is 11. The SMILES string of the molecule is C.C.C.CCCCCCCCOc1ccc(C(=O)Oc2ccc3cc(OC(=O)c4ccc(CCCCCCCC)cc4)ccc3c2)cc1.CCCCCCCCOc1ccc(OC(=O)c2ccc3cc(C(=O)Oc4ccc(CCCCCCCC)cc4)ccc3c2)cc1.N.[CH3-].[CH3-].[Sm].[Sm]. The molecule has 13 heteroatoms. The van der Waals surface area contributed by atoms with Crippen molar-refractivity contribution >= 4 is 45.4 Å². The quantitative estimate of drug-likeness (QED) is 0.0170. The van der Waals surface area contributed by atoms with Crippen LogP contribution < -0.4 is 34.6 Å². The first-order valence-corrected chi connectivity index (χ1v) is 33.7. The summed E-state index contributed by atoms with van der Waals surface area (Å²) in [6.07, 6.45) is 31.9. The molecule has 0 aliphatic rings. The molecule has 0 aromatic heterocycles. The third kappa shape index (κ3) is 34.6. The zero-order chi connectivity index (χ0) is 63.4. The third-order valence-electron chi connectivity index (χ3n) is 16.1. The van der Waals surface area contributed by atoms with Gasteiger partial charge in [-0.15, -0.1) is 0 Å². The molecule has 8 aromatic rings. The topological polar surface area (TPSA) is 159 Å². The van der Waals surface area contributed by atoms with E-state index in [4.69, 9.17) is 28.4 Å². The van der Waals surface area contributed by atoms with Crippen LogP contribution in [0, 0.1) is 95.6 Å². The Hall–Kier alpha value is -5.60. The summed E-state index contributed by atoms with van der Waals surface area (Å²) in [5, 5.41) is 3.42. The summed E-state index contributed by atoms with van der Waals surface area (Å²) in [6.45, 7) is 10.3. The molecule has 0 heterocycles. The van der Waals surface area contributed by atoms with Crippen molar-refractivity contribution in [3.63, 3.8) is 0 Å². The summed E-state index contributed by atoms with van der Waals surface area (Å²) >= 11 is 0. The van der Waals surface area contributed by atoms with Crippen LogP contribution in [0.5, 0.6) is 34.5 Å². The van der Waals surface area contributed by atoms with Crippen LogP contribution in [0.15, 0.2) is 170 Å². The van der Waals surface area contributed by atoms with E-state index in [1.54, 1.807) is 66.7 Å². The molecule has 0 aliphatic carbocycles. The van der Waals surface area contributed by atoms with Gasteiger partial charge in [-0.2, -0.15) is 0 Å². The molecule has 11 nitrogen and oxygen atoms in total. The van der Waals surface area contributed by atoms with Crippen LogP contribution in [0.3, 0.4) is 0 Å². The van der Waals surface area contributed by atoms with Crippen LogP contribution in [0.1, 0.15) is 257 Å². The Balaban J connectivity index is 0. The number of aryl methyl sites for hydroxylation is 2. The van der Waals surface area contributed by atoms with E-state index in [0.29, 0.717) is 58.5 Å². The van der Waals surface area contributed by atoms with Crippen molar-refractivity contribution in [2.45, 2.75) is 217 Å². The molecule has 0 aliphatic heterocycles. The van der Waals surface area contributed by atoms with Crippen molar-refractivity contribution in [3.8, 4) is 34.5 Å². The third-order valence-corrected chi connectivity index (χ3v) is 16.1. The summed E-state index contributed by atoms with van der Waals surface area (Å²) in [6, 6.07) is 51.2. The Morgan fingerprint density at radius 3 is 0.867 bits per heavy atom. The number of unbranched alkanes of at least 4 members (excludes halogenated alkanes) is 20. The predicted molar refractivity (Wildman–Crippen MR) is 403 cm³/mol. The van der Waals surface area contributed by atoms with Crippen molar-refractivity contribution in [2.75, 3.05) is 13.2 Å². The number of carbonyl (C=O) groups is 4. The first kappa shape index (κ1) is 94.5. The van der Waals surface area contributed by atoms with Crippen molar-refractivity contribution in [1.82, 2.24) is 6.15 Å². The van der Waals surface area contributed by atoms with E-state index in [9.17, 15) is 19.2 Å². The maximum Gasteiger partial charge on any atom is 0.343 e. The van der Waals surface area contributed by atoms with E-state index in [2.05, 4.69) is 27.7 Å². The van der Waals surface area contributed by atoms with Crippen LogP contribution >= 0.6 is 0 Å². The zero-order valence-corrected chi connectivity index (χ0v) is 62.8. The molecule has 0 saturated carbocycles. The van der Waals surface area contributed by atoms with Gasteiger partial charge in [-0.05, 0) is 193 Å². The van der Waals surface area contributed by atoms with Crippen LogP contribution in [0.4, 0.5) is 0 Å². The minimum absolute atomic E-state index is 0. The van der Waals surface area contributed by atoms with E-state index in [1.165, 1.54) is 152 Å². The number of hydrogen-bond donors (Lipinski definition) is 1. The van der Waals surface area contributed by atoms with Gasteiger partial charge >= 0.3 is 23.9 Å². The van der Waals surface area contributed by atoms with E-state index in [0.717, 1.165) is 58.7 Å². The maximum atomic E-state index is 12.9. The number of carbonyl (C=O) groups excluding carboxylic acids is 4.